The average molecular weight is 527 g/mol. The lowest BCUT2D eigenvalue weighted by Crippen LogP contribution is -2.27. The number of aryl methyl sites for hydroxylation is 1. The molecular weight excluding hydrogens is 507 g/mol. The van der Waals surface area contributed by atoms with Gasteiger partial charge in [0.1, 0.15) is 11.6 Å². The molecular formula is C26H20ClFN2O3S2. The number of hydrogen-bond donors (Lipinski definition) is 1. The van der Waals surface area contributed by atoms with Crippen LogP contribution in [0.25, 0.3) is 6.08 Å². The lowest BCUT2D eigenvalue weighted by molar-refractivity contribution is -0.118. The Labute approximate surface area is 216 Å². The molecule has 0 atom stereocenters. The first-order valence-corrected chi connectivity index (χ1v) is 12.3. The molecule has 2 amide bonds. The number of carbonyl (C=O) groups is 2. The van der Waals surface area contributed by atoms with Crippen molar-refractivity contribution >= 4 is 69.2 Å². The largest absolute Gasteiger partial charge is 0.484 e. The molecule has 0 unspecified atom stereocenters. The summed E-state index contributed by atoms with van der Waals surface area (Å²) in [5.41, 5.74) is 3.01. The van der Waals surface area contributed by atoms with Crippen molar-refractivity contribution in [3.05, 3.63) is 93.6 Å². The molecule has 1 aliphatic heterocycles. The van der Waals surface area contributed by atoms with Crippen LogP contribution >= 0.6 is 35.6 Å². The zero-order valence-corrected chi connectivity index (χ0v) is 21.0. The maximum atomic E-state index is 13.3. The average Bonchev–Trinajstić information content (AvgIpc) is 3.13. The van der Waals surface area contributed by atoms with Crippen LogP contribution in [0.15, 0.2) is 71.6 Å². The van der Waals surface area contributed by atoms with Gasteiger partial charge in [-0.2, -0.15) is 0 Å². The van der Waals surface area contributed by atoms with Gasteiger partial charge in [0.05, 0.1) is 15.6 Å². The van der Waals surface area contributed by atoms with Gasteiger partial charge in [-0.15, -0.1) is 0 Å². The summed E-state index contributed by atoms with van der Waals surface area (Å²) < 4.78 is 19.3. The fourth-order valence-corrected chi connectivity index (χ4v) is 4.82. The lowest BCUT2D eigenvalue weighted by atomic mass is 10.1. The van der Waals surface area contributed by atoms with Gasteiger partial charge in [0.25, 0.3) is 11.8 Å². The van der Waals surface area contributed by atoms with E-state index < -0.39 is 11.7 Å². The third-order valence-electron chi connectivity index (χ3n) is 5.13. The molecule has 1 fully saturated rings. The fraction of sp³-hybridized carbons (Fsp3) is 0.115. The SMILES string of the molecule is CCc1ccc(N2C(=O)/C(=C/c3cccc(OCC(=O)Nc4ccc(F)c(Cl)c4)c3)SC2=S)cc1. The topological polar surface area (TPSA) is 58.6 Å². The number of thiocarbonyl (C=S) groups is 1. The van der Waals surface area contributed by atoms with Crippen LogP contribution in [-0.4, -0.2) is 22.7 Å². The normalized spacial score (nSPS) is 14.5. The third kappa shape index (κ3) is 6.08. The number of hydrogen-bond acceptors (Lipinski definition) is 5. The van der Waals surface area contributed by atoms with Crippen LogP contribution in [0.2, 0.25) is 5.02 Å². The highest BCUT2D eigenvalue weighted by atomic mass is 35.5. The van der Waals surface area contributed by atoms with E-state index in [0.717, 1.165) is 17.7 Å². The number of halogens is 2. The summed E-state index contributed by atoms with van der Waals surface area (Å²) in [6, 6.07) is 18.7. The number of anilines is 2. The fourth-order valence-electron chi connectivity index (χ4n) is 3.34. The van der Waals surface area contributed by atoms with Crippen LogP contribution in [0.3, 0.4) is 0 Å². The van der Waals surface area contributed by atoms with Crippen molar-refractivity contribution in [1.82, 2.24) is 0 Å². The van der Waals surface area contributed by atoms with Gasteiger partial charge in [0.2, 0.25) is 0 Å². The van der Waals surface area contributed by atoms with Gasteiger partial charge >= 0.3 is 0 Å². The van der Waals surface area contributed by atoms with Crippen molar-refractivity contribution < 1.29 is 18.7 Å². The molecule has 0 aliphatic carbocycles. The second-order valence-electron chi connectivity index (χ2n) is 7.58. The monoisotopic (exact) mass is 526 g/mol. The molecule has 0 saturated carbocycles. The molecule has 3 aromatic rings. The van der Waals surface area contributed by atoms with Crippen LogP contribution in [0.5, 0.6) is 5.75 Å². The molecule has 1 saturated heterocycles. The number of rotatable bonds is 7. The van der Waals surface area contributed by atoms with E-state index in [1.165, 1.54) is 40.4 Å². The number of nitrogens with one attached hydrogen (secondary N) is 1. The molecule has 5 nitrogen and oxygen atoms in total. The number of nitrogens with zero attached hydrogens (tertiary/aromatic N) is 1. The summed E-state index contributed by atoms with van der Waals surface area (Å²) >= 11 is 12.4. The number of amides is 2. The Morgan fingerprint density at radius 1 is 1.17 bits per heavy atom. The molecule has 0 aromatic heterocycles. The van der Waals surface area contributed by atoms with Crippen molar-refractivity contribution in [1.29, 1.82) is 0 Å². The summed E-state index contributed by atoms with van der Waals surface area (Å²) in [5, 5.41) is 2.51. The molecule has 1 N–H and O–H groups in total. The van der Waals surface area contributed by atoms with Gasteiger partial charge in [-0.3, -0.25) is 14.5 Å². The lowest BCUT2D eigenvalue weighted by Gasteiger charge is -2.14. The number of carbonyl (C=O) groups excluding carboxylic acids is 2. The molecule has 35 heavy (non-hydrogen) atoms. The standard InChI is InChI=1S/C26H20ClFN2O3S2/c1-2-16-6-9-19(10-7-16)30-25(32)23(35-26(30)34)13-17-4-3-5-20(12-17)33-15-24(31)29-18-8-11-22(28)21(27)14-18/h3-14H,2,15H2,1H3,(H,29,31)/b23-13-. The summed E-state index contributed by atoms with van der Waals surface area (Å²) in [5.74, 6) is -0.721. The number of thioether (sulfide) groups is 1. The van der Waals surface area contributed by atoms with Crippen LogP contribution in [-0.2, 0) is 16.0 Å². The molecule has 1 aliphatic rings. The van der Waals surface area contributed by atoms with E-state index in [-0.39, 0.29) is 17.5 Å². The van der Waals surface area contributed by atoms with Crippen LogP contribution < -0.4 is 15.0 Å². The molecule has 1 heterocycles. The van der Waals surface area contributed by atoms with E-state index in [0.29, 0.717) is 20.7 Å². The highest BCUT2D eigenvalue weighted by Crippen LogP contribution is 2.36. The molecule has 0 radical (unpaired) electrons. The summed E-state index contributed by atoms with van der Waals surface area (Å²) in [6.45, 7) is 1.82. The zero-order chi connectivity index (χ0) is 24.9. The minimum absolute atomic E-state index is 0.0835. The van der Waals surface area contributed by atoms with Gasteiger partial charge < -0.3 is 10.1 Å². The molecule has 4 rings (SSSR count). The van der Waals surface area contributed by atoms with E-state index in [1.807, 2.05) is 30.3 Å². The first-order chi connectivity index (χ1) is 16.8. The Bertz CT molecular complexity index is 1330. The number of benzene rings is 3. The Balaban J connectivity index is 1.41. The minimum atomic E-state index is -0.566. The van der Waals surface area contributed by atoms with Gasteiger partial charge in [-0.05, 0) is 66.1 Å². The molecule has 0 bridgehead atoms. The highest BCUT2D eigenvalue weighted by Gasteiger charge is 2.33. The van der Waals surface area contributed by atoms with Crippen LogP contribution in [0, 0.1) is 5.82 Å². The third-order valence-corrected chi connectivity index (χ3v) is 6.72. The van der Waals surface area contributed by atoms with Crippen molar-refractivity contribution in [2.24, 2.45) is 0 Å². The van der Waals surface area contributed by atoms with Crippen molar-refractivity contribution in [3.63, 3.8) is 0 Å². The van der Waals surface area contributed by atoms with E-state index in [1.54, 1.807) is 24.3 Å². The smallest absolute Gasteiger partial charge is 0.270 e. The summed E-state index contributed by atoms with van der Waals surface area (Å²) in [7, 11) is 0. The van der Waals surface area contributed by atoms with Crippen molar-refractivity contribution in [3.8, 4) is 5.75 Å². The van der Waals surface area contributed by atoms with E-state index >= 15 is 0 Å². The van der Waals surface area contributed by atoms with Gasteiger partial charge in [-0.1, -0.05) is 66.8 Å². The Hall–Kier alpha value is -3.20. The maximum Gasteiger partial charge on any atom is 0.270 e. The summed E-state index contributed by atoms with van der Waals surface area (Å²) in [4.78, 5) is 27.2. The summed E-state index contributed by atoms with van der Waals surface area (Å²) in [6.07, 6.45) is 2.66. The minimum Gasteiger partial charge on any atom is -0.484 e. The van der Waals surface area contributed by atoms with E-state index in [9.17, 15) is 14.0 Å². The van der Waals surface area contributed by atoms with Gasteiger partial charge in [0, 0.05) is 5.69 Å². The maximum absolute atomic E-state index is 13.3. The Kier molecular flexibility index (Phi) is 7.85. The predicted molar refractivity (Wildman–Crippen MR) is 143 cm³/mol. The molecule has 178 valence electrons. The van der Waals surface area contributed by atoms with E-state index in [2.05, 4.69) is 12.2 Å². The quantitative estimate of drug-likeness (QED) is 0.282. The highest BCUT2D eigenvalue weighted by molar-refractivity contribution is 8.27. The zero-order valence-electron chi connectivity index (χ0n) is 18.6. The number of ether oxygens (including phenoxy) is 1. The Morgan fingerprint density at radius 3 is 2.66 bits per heavy atom. The predicted octanol–water partition coefficient (Wildman–Crippen LogP) is 6.46. The molecule has 0 spiro atoms. The first-order valence-electron chi connectivity index (χ1n) is 10.7. The second kappa shape index (κ2) is 11.0. The van der Waals surface area contributed by atoms with Crippen LogP contribution in [0.4, 0.5) is 15.8 Å². The molecule has 9 heteroatoms. The Morgan fingerprint density at radius 2 is 1.94 bits per heavy atom. The molecule has 3 aromatic carbocycles. The van der Waals surface area contributed by atoms with Gasteiger partial charge in [0.15, 0.2) is 10.9 Å². The second-order valence-corrected chi connectivity index (χ2v) is 9.66. The van der Waals surface area contributed by atoms with Gasteiger partial charge in [-0.25, -0.2) is 4.39 Å². The van der Waals surface area contributed by atoms with Crippen molar-refractivity contribution in [2.75, 3.05) is 16.8 Å². The van der Waals surface area contributed by atoms with E-state index in [4.69, 9.17) is 28.6 Å². The first kappa shape index (κ1) is 24.9. The van der Waals surface area contributed by atoms with Crippen LogP contribution in [0.1, 0.15) is 18.1 Å². The van der Waals surface area contributed by atoms with Crippen molar-refractivity contribution in [2.45, 2.75) is 13.3 Å².